The van der Waals surface area contributed by atoms with Crippen molar-refractivity contribution in [3.63, 3.8) is 0 Å². The Morgan fingerprint density at radius 3 is 1.42 bits per heavy atom. The third kappa shape index (κ3) is 9.61. The van der Waals surface area contributed by atoms with Gasteiger partial charge >= 0.3 is 40.5 Å². The molecule has 132 valence electrons. The summed E-state index contributed by atoms with van der Waals surface area (Å²) in [6.07, 6.45) is 3.00. The Morgan fingerprint density at radius 1 is 0.833 bits per heavy atom. The zero-order chi connectivity index (χ0) is 18.4. The minimum absolute atomic E-state index is 0. The summed E-state index contributed by atoms with van der Waals surface area (Å²) in [4.78, 5) is 34.0. The first-order valence-electron chi connectivity index (χ1n) is 5.93. The summed E-state index contributed by atoms with van der Waals surface area (Å²) in [6, 6.07) is 0. The second kappa shape index (κ2) is 16.4. The Labute approximate surface area is 153 Å². The zero-order valence-electron chi connectivity index (χ0n) is 13.2. The number of hydrogen-bond donors (Lipinski definition) is 0. The molecular formula is C15H15O8Rh. The van der Waals surface area contributed by atoms with Gasteiger partial charge in [0.25, 0.3) is 0 Å². The SMILES string of the molecule is COC(=O)C[C]1[CH][C](C(=O)OC)[CH][C]1CC(=O)OC.[C-]#[O+].[C-]#[O+].[Rh]. The number of rotatable bonds is 5. The fourth-order valence-corrected chi connectivity index (χ4v) is 1.62. The van der Waals surface area contributed by atoms with Crippen LogP contribution in [0, 0.1) is 43.9 Å². The molecule has 0 aromatic carbocycles. The van der Waals surface area contributed by atoms with E-state index in [0.29, 0.717) is 17.8 Å². The van der Waals surface area contributed by atoms with Gasteiger partial charge in [0.2, 0.25) is 0 Å². The second-order valence-corrected chi connectivity index (χ2v) is 3.79. The van der Waals surface area contributed by atoms with E-state index in [0.717, 1.165) is 0 Å². The quantitative estimate of drug-likeness (QED) is 0.206. The molecule has 6 radical (unpaired) electrons. The summed E-state index contributed by atoms with van der Waals surface area (Å²) in [7, 11) is 3.80. The van der Waals surface area contributed by atoms with Crippen molar-refractivity contribution in [2.75, 3.05) is 21.3 Å². The summed E-state index contributed by atoms with van der Waals surface area (Å²) in [5.41, 5.74) is 0. The molecule has 0 spiro atoms. The Kier molecular flexibility index (Phi) is 18.7. The Hall–Kier alpha value is -1.49. The first-order chi connectivity index (χ1) is 11.0. The second-order valence-electron chi connectivity index (χ2n) is 3.79. The van der Waals surface area contributed by atoms with Crippen LogP contribution in [0.1, 0.15) is 12.8 Å². The predicted octanol–water partition coefficient (Wildman–Crippen LogP) is 0.354. The van der Waals surface area contributed by atoms with Crippen molar-refractivity contribution in [3.8, 4) is 0 Å². The molecule has 1 rings (SSSR count). The number of esters is 3. The topological polar surface area (TPSA) is 119 Å². The molecular weight excluding hydrogens is 411 g/mol. The van der Waals surface area contributed by atoms with E-state index in [9.17, 15) is 14.4 Å². The first-order valence-corrected chi connectivity index (χ1v) is 5.93. The third-order valence-corrected chi connectivity index (χ3v) is 2.62. The van der Waals surface area contributed by atoms with Crippen molar-refractivity contribution in [1.29, 1.82) is 0 Å². The van der Waals surface area contributed by atoms with Gasteiger partial charge in [-0.2, -0.15) is 0 Å². The first kappa shape index (κ1) is 27.4. The molecule has 1 saturated carbocycles. The number of carbonyl (C=O) groups is 3. The molecule has 0 unspecified atom stereocenters. The molecule has 1 fully saturated rings. The molecule has 0 saturated heterocycles. The minimum atomic E-state index is -0.526. The van der Waals surface area contributed by atoms with Gasteiger partial charge in [0.05, 0.1) is 40.1 Å². The van der Waals surface area contributed by atoms with Gasteiger partial charge < -0.3 is 14.2 Å². The van der Waals surface area contributed by atoms with Crippen LogP contribution in [-0.2, 0) is 57.4 Å². The maximum Gasteiger partial charge on any atom is 0 e. The van der Waals surface area contributed by atoms with Crippen LogP contribution >= 0.6 is 0 Å². The van der Waals surface area contributed by atoms with Crippen LogP contribution in [0.5, 0.6) is 0 Å². The standard InChI is InChI=1S/C13H15O6.2CO.Rh/c1-17-11(14)6-8-4-10(13(16)19-3)5-9(8)7-12(15)18-2;2*1-2;/h4-5H,6-7H2,1-3H3;;;. The molecule has 0 bridgehead atoms. The van der Waals surface area contributed by atoms with E-state index in [4.69, 9.17) is 9.30 Å². The predicted molar refractivity (Wildman–Crippen MR) is 71.5 cm³/mol. The van der Waals surface area contributed by atoms with E-state index in [2.05, 4.69) is 27.5 Å². The average molecular weight is 426 g/mol. The summed E-state index contributed by atoms with van der Waals surface area (Å²) in [5.74, 6) is -0.0286. The van der Waals surface area contributed by atoms with Crippen molar-refractivity contribution in [1.82, 2.24) is 0 Å². The van der Waals surface area contributed by atoms with E-state index in [1.165, 1.54) is 34.2 Å². The average Bonchev–Trinajstić information content (AvgIpc) is 2.99. The molecule has 9 heteroatoms. The number of ether oxygens (including phenoxy) is 3. The van der Waals surface area contributed by atoms with Gasteiger partial charge in [-0.25, -0.2) is 0 Å². The van der Waals surface area contributed by atoms with E-state index < -0.39 is 17.9 Å². The van der Waals surface area contributed by atoms with E-state index in [1.807, 2.05) is 0 Å². The van der Waals surface area contributed by atoms with Crippen molar-refractivity contribution < 1.29 is 57.4 Å². The van der Waals surface area contributed by atoms with Crippen LogP contribution in [0.15, 0.2) is 0 Å². The summed E-state index contributed by atoms with van der Waals surface area (Å²) in [6.45, 7) is 9.00. The summed E-state index contributed by atoms with van der Waals surface area (Å²) < 4.78 is 28.7. The maximum atomic E-state index is 11.4. The summed E-state index contributed by atoms with van der Waals surface area (Å²) >= 11 is 0. The van der Waals surface area contributed by atoms with Gasteiger partial charge in [-0.15, -0.1) is 0 Å². The fourth-order valence-electron chi connectivity index (χ4n) is 1.62. The Balaban J connectivity index is -0.000000817. The number of carbonyl (C=O) groups excluding carboxylic acids is 3. The molecule has 0 aliphatic heterocycles. The van der Waals surface area contributed by atoms with Gasteiger partial charge in [-0.05, 0) is 24.7 Å². The van der Waals surface area contributed by atoms with Gasteiger partial charge in [0.1, 0.15) is 0 Å². The third-order valence-electron chi connectivity index (χ3n) is 2.62. The van der Waals surface area contributed by atoms with E-state index in [-0.39, 0.29) is 32.3 Å². The van der Waals surface area contributed by atoms with Crippen LogP contribution in [-0.4, -0.2) is 39.2 Å². The van der Waals surface area contributed by atoms with E-state index >= 15 is 0 Å². The monoisotopic (exact) mass is 426 g/mol. The minimum Gasteiger partial charge on any atom is 0 e. The molecule has 0 aromatic rings. The van der Waals surface area contributed by atoms with E-state index in [1.54, 1.807) is 0 Å². The zero-order valence-corrected chi connectivity index (χ0v) is 14.8. The molecule has 1 aliphatic carbocycles. The summed E-state index contributed by atoms with van der Waals surface area (Å²) in [5, 5.41) is 0. The molecule has 0 heterocycles. The fraction of sp³-hybridized carbons (Fsp3) is 0.333. The molecule has 24 heavy (non-hydrogen) atoms. The van der Waals surface area contributed by atoms with Gasteiger partial charge in [-0.3, -0.25) is 14.4 Å². The van der Waals surface area contributed by atoms with Gasteiger partial charge in [-0.1, -0.05) is 0 Å². The van der Waals surface area contributed by atoms with Gasteiger partial charge in [0.15, 0.2) is 0 Å². The largest absolute Gasteiger partial charge is 0 e. The molecule has 0 aromatic heterocycles. The van der Waals surface area contributed by atoms with Crippen LogP contribution in [0.25, 0.3) is 0 Å². The Morgan fingerprint density at radius 2 is 1.17 bits per heavy atom. The molecule has 1 aliphatic rings. The van der Waals surface area contributed by atoms with Gasteiger partial charge in [0, 0.05) is 19.5 Å². The molecule has 0 N–H and O–H groups in total. The molecule has 0 atom stereocenters. The Bertz CT molecular complexity index is 400. The smallest absolute Gasteiger partial charge is 0 e. The van der Waals surface area contributed by atoms with Crippen molar-refractivity contribution in [3.05, 3.63) is 43.9 Å². The number of hydrogen-bond acceptors (Lipinski definition) is 6. The van der Waals surface area contributed by atoms with Crippen molar-refractivity contribution >= 4 is 17.9 Å². The van der Waals surface area contributed by atoms with Crippen molar-refractivity contribution in [2.24, 2.45) is 0 Å². The normalized spacial score (nSPS) is 13.8. The van der Waals surface area contributed by atoms with Crippen LogP contribution in [0.3, 0.4) is 0 Å². The molecule has 8 nitrogen and oxygen atoms in total. The maximum absolute atomic E-state index is 11.4. The van der Waals surface area contributed by atoms with Crippen molar-refractivity contribution in [2.45, 2.75) is 12.8 Å². The van der Waals surface area contributed by atoms with Crippen LogP contribution < -0.4 is 0 Å². The molecule has 0 amide bonds. The van der Waals surface area contributed by atoms with Crippen LogP contribution in [0.2, 0.25) is 0 Å². The van der Waals surface area contributed by atoms with Crippen LogP contribution in [0.4, 0.5) is 0 Å². The number of methoxy groups -OCH3 is 3.